The number of carbonyl (C=O) groups is 1. The van der Waals surface area contributed by atoms with Crippen molar-refractivity contribution in [2.45, 2.75) is 25.4 Å². The van der Waals surface area contributed by atoms with Crippen LogP contribution in [0.4, 0.5) is 5.82 Å². The third-order valence-corrected chi connectivity index (χ3v) is 4.02. The molecule has 1 aromatic heterocycles. The van der Waals surface area contributed by atoms with E-state index in [1.807, 2.05) is 24.3 Å². The van der Waals surface area contributed by atoms with Gasteiger partial charge in [0.1, 0.15) is 12.1 Å². The molecule has 6 nitrogen and oxygen atoms in total. The van der Waals surface area contributed by atoms with Crippen molar-refractivity contribution in [1.82, 2.24) is 9.97 Å². The summed E-state index contributed by atoms with van der Waals surface area (Å²) in [6.45, 7) is 1.55. The van der Waals surface area contributed by atoms with Gasteiger partial charge in [-0.25, -0.2) is 9.97 Å². The van der Waals surface area contributed by atoms with Gasteiger partial charge in [0.05, 0.1) is 18.2 Å². The van der Waals surface area contributed by atoms with E-state index in [0.717, 1.165) is 48.6 Å². The lowest BCUT2D eigenvalue weighted by molar-refractivity contribution is -0.136. The van der Waals surface area contributed by atoms with Crippen LogP contribution in [0, 0.1) is 0 Å². The number of aliphatic hydroxyl groups is 1. The van der Waals surface area contributed by atoms with Crippen LogP contribution in [0.25, 0.3) is 11.3 Å². The molecule has 0 saturated carbocycles. The highest BCUT2D eigenvalue weighted by molar-refractivity contribution is 5.72. The van der Waals surface area contributed by atoms with Crippen molar-refractivity contribution in [3.63, 3.8) is 0 Å². The summed E-state index contributed by atoms with van der Waals surface area (Å²) in [5.41, 5.74) is 2.40. The van der Waals surface area contributed by atoms with Crippen LogP contribution < -0.4 is 4.90 Å². The number of aliphatic hydroxyl groups excluding tert-OH is 1. The van der Waals surface area contributed by atoms with Crippen molar-refractivity contribution in [2.75, 3.05) is 18.0 Å². The summed E-state index contributed by atoms with van der Waals surface area (Å²) < 4.78 is 0. The van der Waals surface area contributed by atoms with E-state index in [4.69, 9.17) is 5.11 Å². The molecule has 0 radical (unpaired) electrons. The monoisotopic (exact) mass is 313 g/mol. The standard InChI is InChI=1S/C17H19N3O3/c21-14-4-6-20(7-5-14)16-10-15(18-11-19-16)13-3-1-2-12(8-13)9-17(22)23/h1-3,8,10-11,14,21H,4-7,9H2,(H,22,23). The zero-order valence-electron chi connectivity index (χ0n) is 12.7. The van der Waals surface area contributed by atoms with Crippen LogP contribution in [0.1, 0.15) is 18.4 Å². The first-order valence-corrected chi connectivity index (χ1v) is 7.68. The molecule has 1 aliphatic rings. The molecule has 0 atom stereocenters. The summed E-state index contributed by atoms with van der Waals surface area (Å²) in [5, 5.41) is 18.5. The quantitative estimate of drug-likeness (QED) is 0.894. The largest absolute Gasteiger partial charge is 0.481 e. The summed E-state index contributed by atoms with van der Waals surface area (Å²) in [6.07, 6.45) is 2.79. The average molecular weight is 313 g/mol. The van der Waals surface area contributed by atoms with Gasteiger partial charge in [0.25, 0.3) is 0 Å². The summed E-state index contributed by atoms with van der Waals surface area (Å²) in [4.78, 5) is 21.6. The molecule has 120 valence electrons. The van der Waals surface area contributed by atoms with E-state index in [2.05, 4.69) is 14.9 Å². The summed E-state index contributed by atoms with van der Waals surface area (Å²) >= 11 is 0. The Kier molecular flexibility index (Phi) is 4.52. The highest BCUT2D eigenvalue weighted by atomic mass is 16.4. The van der Waals surface area contributed by atoms with Crippen LogP contribution >= 0.6 is 0 Å². The Morgan fingerprint density at radius 1 is 1.22 bits per heavy atom. The van der Waals surface area contributed by atoms with Gasteiger partial charge in [0, 0.05) is 24.7 Å². The minimum absolute atomic E-state index is 0.00417. The van der Waals surface area contributed by atoms with Crippen molar-refractivity contribution in [2.24, 2.45) is 0 Å². The number of aromatic nitrogens is 2. The van der Waals surface area contributed by atoms with E-state index in [0.29, 0.717) is 0 Å². The van der Waals surface area contributed by atoms with Gasteiger partial charge in [-0.15, -0.1) is 0 Å². The molecule has 0 spiro atoms. The summed E-state index contributed by atoms with van der Waals surface area (Å²) in [7, 11) is 0. The normalized spacial score (nSPS) is 15.6. The molecule has 2 N–H and O–H groups in total. The van der Waals surface area contributed by atoms with Gasteiger partial charge in [0.15, 0.2) is 0 Å². The van der Waals surface area contributed by atoms with Crippen LogP contribution in [-0.2, 0) is 11.2 Å². The zero-order valence-corrected chi connectivity index (χ0v) is 12.7. The van der Waals surface area contributed by atoms with E-state index >= 15 is 0 Å². The number of rotatable bonds is 4. The maximum Gasteiger partial charge on any atom is 0.307 e. The van der Waals surface area contributed by atoms with Crippen molar-refractivity contribution in [3.8, 4) is 11.3 Å². The minimum Gasteiger partial charge on any atom is -0.481 e. The Balaban J connectivity index is 1.83. The van der Waals surface area contributed by atoms with Gasteiger partial charge in [-0.1, -0.05) is 18.2 Å². The molecule has 1 aliphatic heterocycles. The number of anilines is 1. The predicted octanol–water partition coefficient (Wildman–Crippen LogP) is 1.73. The predicted molar refractivity (Wildman–Crippen MR) is 86.3 cm³/mol. The Bertz CT molecular complexity index is 697. The maximum absolute atomic E-state index is 10.9. The second-order valence-corrected chi connectivity index (χ2v) is 5.75. The first-order valence-electron chi connectivity index (χ1n) is 7.68. The van der Waals surface area contributed by atoms with E-state index in [1.54, 1.807) is 6.07 Å². The molecule has 6 heteroatoms. The number of benzene rings is 1. The first kappa shape index (κ1) is 15.4. The number of hydrogen-bond acceptors (Lipinski definition) is 5. The highest BCUT2D eigenvalue weighted by Gasteiger charge is 2.18. The molecular weight excluding hydrogens is 294 g/mol. The molecule has 23 heavy (non-hydrogen) atoms. The average Bonchev–Trinajstić information content (AvgIpc) is 2.55. The number of aliphatic carboxylic acids is 1. The van der Waals surface area contributed by atoms with Gasteiger partial charge in [-0.3, -0.25) is 4.79 Å². The number of piperidine rings is 1. The molecule has 1 aromatic carbocycles. The van der Waals surface area contributed by atoms with E-state index < -0.39 is 5.97 Å². The first-order chi connectivity index (χ1) is 11.1. The molecule has 1 fully saturated rings. The van der Waals surface area contributed by atoms with E-state index in [1.165, 1.54) is 6.33 Å². The smallest absolute Gasteiger partial charge is 0.307 e. The lowest BCUT2D eigenvalue weighted by atomic mass is 10.1. The fourth-order valence-electron chi connectivity index (χ4n) is 2.79. The zero-order chi connectivity index (χ0) is 16.2. The molecule has 2 aromatic rings. The number of carboxylic acids is 1. The number of hydrogen-bond donors (Lipinski definition) is 2. The lowest BCUT2D eigenvalue weighted by Gasteiger charge is -2.30. The SMILES string of the molecule is O=C(O)Cc1cccc(-c2cc(N3CCC(O)CC3)ncn2)c1. The van der Waals surface area contributed by atoms with Crippen molar-refractivity contribution in [3.05, 3.63) is 42.2 Å². The van der Waals surface area contributed by atoms with Crippen molar-refractivity contribution in [1.29, 1.82) is 0 Å². The Morgan fingerprint density at radius 3 is 2.74 bits per heavy atom. The van der Waals surface area contributed by atoms with E-state index in [9.17, 15) is 9.90 Å². The molecule has 0 unspecified atom stereocenters. The molecule has 3 rings (SSSR count). The van der Waals surface area contributed by atoms with Gasteiger partial charge in [0.2, 0.25) is 0 Å². The van der Waals surface area contributed by atoms with Gasteiger partial charge in [-0.05, 0) is 24.5 Å². The topological polar surface area (TPSA) is 86.5 Å². The van der Waals surface area contributed by atoms with Crippen molar-refractivity contribution < 1.29 is 15.0 Å². The van der Waals surface area contributed by atoms with Crippen LogP contribution in [-0.4, -0.2) is 45.3 Å². The maximum atomic E-state index is 10.9. The summed E-state index contributed by atoms with van der Waals surface area (Å²) in [6, 6.07) is 9.31. The van der Waals surface area contributed by atoms with Gasteiger partial charge >= 0.3 is 5.97 Å². The third-order valence-electron chi connectivity index (χ3n) is 4.02. The Hall–Kier alpha value is -2.47. The summed E-state index contributed by atoms with van der Waals surface area (Å²) in [5.74, 6) is -0.0112. The molecule has 2 heterocycles. The molecule has 0 amide bonds. The Morgan fingerprint density at radius 2 is 2.00 bits per heavy atom. The lowest BCUT2D eigenvalue weighted by Crippen LogP contribution is -2.36. The van der Waals surface area contributed by atoms with Crippen LogP contribution in [0.3, 0.4) is 0 Å². The highest BCUT2D eigenvalue weighted by Crippen LogP contribution is 2.24. The molecular formula is C17H19N3O3. The second-order valence-electron chi connectivity index (χ2n) is 5.75. The minimum atomic E-state index is -0.850. The van der Waals surface area contributed by atoms with Gasteiger partial charge < -0.3 is 15.1 Å². The third kappa shape index (κ3) is 3.84. The number of carboxylic acid groups (broad SMARTS) is 1. The van der Waals surface area contributed by atoms with Crippen LogP contribution in [0.5, 0.6) is 0 Å². The van der Waals surface area contributed by atoms with Gasteiger partial charge in [-0.2, -0.15) is 0 Å². The van der Waals surface area contributed by atoms with Crippen LogP contribution in [0.2, 0.25) is 0 Å². The van der Waals surface area contributed by atoms with Crippen molar-refractivity contribution >= 4 is 11.8 Å². The fourth-order valence-corrected chi connectivity index (χ4v) is 2.79. The molecule has 1 saturated heterocycles. The molecule has 0 bridgehead atoms. The molecule has 0 aliphatic carbocycles. The fraction of sp³-hybridized carbons (Fsp3) is 0.353. The Labute approximate surface area is 134 Å². The number of nitrogens with zero attached hydrogens (tertiary/aromatic N) is 3. The second kappa shape index (κ2) is 6.75. The van der Waals surface area contributed by atoms with E-state index in [-0.39, 0.29) is 12.5 Å². The van der Waals surface area contributed by atoms with Crippen LogP contribution in [0.15, 0.2) is 36.7 Å².